The summed E-state index contributed by atoms with van der Waals surface area (Å²) in [5.74, 6) is 0.784. The van der Waals surface area contributed by atoms with Crippen molar-refractivity contribution in [3.8, 4) is 0 Å². The fourth-order valence-electron chi connectivity index (χ4n) is 3.21. The minimum absolute atomic E-state index is 0.0329. The van der Waals surface area contributed by atoms with Crippen molar-refractivity contribution in [3.05, 3.63) is 0 Å². The number of rotatable bonds is 1. The zero-order valence-corrected chi connectivity index (χ0v) is 9.99. The van der Waals surface area contributed by atoms with Crippen molar-refractivity contribution < 1.29 is 5.11 Å². The highest BCUT2D eigenvalue weighted by molar-refractivity contribution is 4.85. The molecule has 1 N–H and O–H groups in total. The van der Waals surface area contributed by atoms with Gasteiger partial charge in [-0.15, -0.1) is 0 Å². The third-order valence-electron chi connectivity index (χ3n) is 4.24. The van der Waals surface area contributed by atoms with Gasteiger partial charge < -0.3 is 10.0 Å². The number of hydrogen-bond acceptors (Lipinski definition) is 2. The lowest BCUT2D eigenvalue weighted by atomic mass is 9.83. The quantitative estimate of drug-likeness (QED) is 0.720. The fourth-order valence-corrected chi connectivity index (χ4v) is 3.21. The Hall–Kier alpha value is -0.0800. The second kappa shape index (κ2) is 5.31. The normalized spacial score (nSPS) is 40.0. The summed E-state index contributed by atoms with van der Waals surface area (Å²) in [4.78, 5) is 2.65. The average Bonchev–Trinajstić information content (AvgIpc) is 2.50. The van der Waals surface area contributed by atoms with Crippen LogP contribution in [0.25, 0.3) is 0 Å². The summed E-state index contributed by atoms with van der Waals surface area (Å²) in [5.41, 5.74) is 0. The Morgan fingerprint density at radius 3 is 2.33 bits per heavy atom. The Morgan fingerprint density at radius 2 is 1.67 bits per heavy atom. The maximum atomic E-state index is 9.77. The largest absolute Gasteiger partial charge is 0.393 e. The molecule has 1 aliphatic heterocycles. The first-order valence-electron chi connectivity index (χ1n) is 6.69. The highest BCUT2D eigenvalue weighted by atomic mass is 16.3. The Bertz CT molecular complexity index is 187. The van der Waals surface area contributed by atoms with Crippen LogP contribution in [0.3, 0.4) is 0 Å². The van der Waals surface area contributed by atoms with E-state index < -0.39 is 0 Å². The fraction of sp³-hybridized carbons (Fsp3) is 1.00. The van der Waals surface area contributed by atoms with Crippen molar-refractivity contribution in [1.82, 2.24) is 4.90 Å². The lowest BCUT2D eigenvalue weighted by Crippen LogP contribution is -2.45. The van der Waals surface area contributed by atoms with E-state index in [1.165, 1.54) is 45.2 Å². The molecule has 2 nitrogen and oxygen atoms in total. The third-order valence-corrected chi connectivity index (χ3v) is 4.24. The van der Waals surface area contributed by atoms with Crippen LogP contribution >= 0.6 is 0 Å². The number of aliphatic hydroxyl groups excluding tert-OH is 1. The Labute approximate surface area is 93.7 Å². The van der Waals surface area contributed by atoms with E-state index in [-0.39, 0.29) is 6.10 Å². The van der Waals surface area contributed by atoms with Crippen LogP contribution in [-0.2, 0) is 0 Å². The smallest absolute Gasteiger partial charge is 0.0555 e. The van der Waals surface area contributed by atoms with E-state index in [9.17, 15) is 5.11 Å². The molecule has 0 aromatic rings. The van der Waals surface area contributed by atoms with E-state index in [1.807, 2.05) is 0 Å². The van der Waals surface area contributed by atoms with Crippen LogP contribution in [0, 0.1) is 5.92 Å². The summed E-state index contributed by atoms with van der Waals surface area (Å²) in [6, 6.07) is 0.659. The van der Waals surface area contributed by atoms with Gasteiger partial charge in [-0.3, -0.25) is 0 Å². The molecule has 0 radical (unpaired) electrons. The Morgan fingerprint density at radius 1 is 1.00 bits per heavy atom. The van der Waals surface area contributed by atoms with E-state index in [2.05, 4.69) is 11.8 Å². The maximum Gasteiger partial charge on any atom is 0.0555 e. The second-order valence-electron chi connectivity index (χ2n) is 5.46. The van der Waals surface area contributed by atoms with Gasteiger partial charge in [0.15, 0.2) is 0 Å². The summed E-state index contributed by atoms with van der Waals surface area (Å²) < 4.78 is 0. The molecule has 1 saturated heterocycles. The molecule has 2 aliphatic rings. The summed E-state index contributed by atoms with van der Waals surface area (Å²) >= 11 is 0. The predicted molar refractivity (Wildman–Crippen MR) is 62.9 cm³/mol. The van der Waals surface area contributed by atoms with Crippen LogP contribution in [0.4, 0.5) is 0 Å². The molecule has 15 heavy (non-hydrogen) atoms. The van der Waals surface area contributed by atoms with Gasteiger partial charge in [0, 0.05) is 6.04 Å². The molecule has 0 amide bonds. The monoisotopic (exact) mass is 211 g/mol. The molecule has 2 heteroatoms. The van der Waals surface area contributed by atoms with Gasteiger partial charge in [-0.25, -0.2) is 0 Å². The highest BCUT2D eigenvalue weighted by Gasteiger charge is 2.31. The second-order valence-corrected chi connectivity index (χ2v) is 5.46. The zero-order chi connectivity index (χ0) is 10.7. The van der Waals surface area contributed by atoms with Crippen LogP contribution in [0.15, 0.2) is 0 Å². The van der Waals surface area contributed by atoms with Crippen molar-refractivity contribution in [2.24, 2.45) is 5.92 Å². The molecule has 0 spiro atoms. The van der Waals surface area contributed by atoms with Gasteiger partial charge in [-0.1, -0.05) is 19.8 Å². The molecule has 88 valence electrons. The van der Waals surface area contributed by atoms with E-state index in [4.69, 9.17) is 0 Å². The topological polar surface area (TPSA) is 23.5 Å². The minimum Gasteiger partial charge on any atom is -0.393 e. The molecule has 2 rings (SSSR count). The molecule has 3 unspecified atom stereocenters. The first kappa shape index (κ1) is 11.4. The number of aliphatic hydroxyl groups is 1. The molecule has 2 fully saturated rings. The van der Waals surface area contributed by atoms with E-state index in [0.717, 1.165) is 18.8 Å². The Kier molecular flexibility index (Phi) is 4.04. The van der Waals surface area contributed by atoms with Crippen LogP contribution in [-0.4, -0.2) is 35.2 Å². The molecule has 1 saturated carbocycles. The molecule has 0 aromatic carbocycles. The molecular weight excluding hydrogens is 186 g/mol. The van der Waals surface area contributed by atoms with Crippen LogP contribution < -0.4 is 0 Å². The number of hydrogen-bond donors (Lipinski definition) is 1. The van der Waals surface area contributed by atoms with Gasteiger partial charge in [-0.05, 0) is 51.1 Å². The molecule has 1 aliphatic carbocycles. The van der Waals surface area contributed by atoms with Crippen LogP contribution in [0.1, 0.15) is 51.9 Å². The lowest BCUT2D eigenvalue weighted by molar-refractivity contribution is 0.0336. The third kappa shape index (κ3) is 2.94. The van der Waals surface area contributed by atoms with E-state index in [1.54, 1.807) is 0 Å². The average molecular weight is 211 g/mol. The SMILES string of the molecule is CC1CCC(O)CC1N1CCCCCC1. The number of nitrogens with zero attached hydrogens (tertiary/aromatic N) is 1. The van der Waals surface area contributed by atoms with E-state index >= 15 is 0 Å². The van der Waals surface area contributed by atoms with Crippen LogP contribution in [0.5, 0.6) is 0 Å². The Balaban J connectivity index is 1.93. The van der Waals surface area contributed by atoms with Gasteiger partial charge in [-0.2, -0.15) is 0 Å². The first-order valence-corrected chi connectivity index (χ1v) is 6.69. The molecule has 0 aromatic heterocycles. The van der Waals surface area contributed by atoms with E-state index in [0.29, 0.717) is 6.04 Å². The van der Waals surface area contributed by atoms with Crippen molar-refractivity contribution in [2.45, 2.75) is 64.0 Å². The summed E-state index contributed by atoms with van der Waals surface area (Å²) in [6.45, 7) is 4.89. The highest BCUT2D eigenvalue weighted by Crippen LogP contribution is 2.29. The summed E-state index contributed by atoms with van der Waals surface area (Å²) in [5, 5.41) is 9.77. The van der Waals surface area contributed by atoms with Gasteiger partial charge in [0.2, 0.25) is 0 Å². The zero-order valence-electron chi connectivity index (χ0n) is 9.99. The minimum atomic E-state index is -0.0329. The van der Waals surface area contributed by atoms with Gasteiger partial charge in [0.1, 0.15) is 0 Å². The van der Waals surface area contributed by atoms with Crippen molar-refractivity contribution in [2.75, 3.05) is 13.1 Å². The molecule has 3 atom stereocenters. The lowest BCUT2D eigenvalue weighted by Gasteiger charge is -2.39. The molecule has 0 bridgehead atoms. The molecular formula is C13H25NO. The summed E-state index contributed by atoms with van der Waals surface area (Å²) in [6.07, 6.45) is 8.74. The van der Waals surface area contributed by atoms with Gasteiger partial charge in [0.25, 0.3) is 0 Å². The van der Waals surface area contributed by atoms with Crippen molar-refractivity contribution >= 4 is 0 Å². The first-order chi connectivity index (χ1) is 7.27. The van der Waals surface area contributed by atoms with Gasteiger partial charge >= 0.3 is 0 Å². The summed E-state index contributed by atoms with van der Waals surface area (Å²) in [7, 11) is 0. The number of likely N-dealkylation sites (tertiary alicyclic amines) is 1. The van der Waals surface area contributed by atoms with Crippen molar-refractivity contribution in [3.63, 3.8) is 0 Å². The van der Waals surface area contributed by atoms with Crippen LogP contribution in [0.2, 0.25) is 0 Å². The van der Waals surface area contributed by atoms with Crippen molar-refractivity contribution in [1.29, 1.82) is 0 Å². The maximum absolute atomic E-state index is 9.77. The standard InChI is InChI=1S/C13H25NO/c1-11-6-7-12(15)10-13(11)14-8-4-2-3-5-9-14/h11-13,15H,2-10H2,1H3. The van der Waals surface area contributed by atoms with Gasteiger partial charge in [0.05, 0.1) is 6.10 Å². The predicted octanol–water partition coefficient (Wildman–Crippen LogP) is 2.41. The molecule has 1 heterocycles.